The molecule has 0 amide bonds. The van der Waals surface area contributed by atoms with Gasteiger partial charge in [0, 0.05) is 22.4 Å². The lowest BCUT2D eigenvalue weighted by Gasteiger charge is -2.35. The van der Waals surface area contributed by atoms with Crippen molar-refractivity contribution < 1.29 is 0 Å². The van der Waals surface area contributed by atoms with Gasteiger partial charge in [0.25, 0.3) is 0 Å². The van der Waals surface area contributed by atoms with Crippen LogP contribution in [0.5, 0.6) is 0 Å². The van der Waals surface area contributed by atoms with Crippen LogP contribution < -0.4 is 4.90 Å². The summed E-state index contributed by atoms with van der Waals surface area (Å²) in [6.07, 6.45) is 0. The molecule has 9 aromatic carbocycles. The molecule has 0 fully saturated rings. The van der Waals surface area contributed by atoms with Crippen molar-refractivity contribution in [3.05, 3.63) is 258 Å². The zero-order chi connectivity index (χ0) is 39.6. The quantitative estimate of drug-likeness (QED) is 0.157. The third-order valence-electron chi connectivity index (χ3n) is 13.0. The van der Waals surface area contributed by atoms with Gasteiger partial charge in [0.2, 0.25) is 0 Å². The van der Waals surface area contributed by atoms with Gasteiger partial charge in [-0.15, -0.1) is 0 Å². The number of anilines is 3. The Morgan fingerprint density at radius 3 is 1.46 bits per heavy atom. The first kappa shape index (κ1) is 35.0. The molecule has 0 saturated heterocycles. The van der Waals surface area contributed by atoms with E-state index in [2.05, 4.69) is 243 Å². The normalized spacial score (nSPS) is 13.9. The summed E-state index contributed by atoms with van der Waals surface area (Å²) in [4.78, 5) is 2.52. The second-order valence-electron chi connectivity index (χ2n) is 16.5. The summed E-state index contributed by atoms with van der Waals surface area (Å²) in [5, 5.41) is 0. The molecule has 280 valence electrons. The van der Waals surface area contributed by atoms with E-state index >= 15 is 0 Å². The van der Waals surface area contributed by atoms with Crippen LogP contribution in [0.4, 0.5) is 17.1 Å². The molecule has 0 unspecified atom stereocenters. The van der Waals surface area contributed by atoms with E-state index in [4.69, 9.17) is 0 Å². The maximum atomic E-state index is 2.52. The predicted molar refractivity (Wildman–Crippen MR) is 247 cm³/mol. The molecule has 0 aliphatic heterocycles. The zero-order valence-electron chi connectivity index (χ0n) is 33.3. The zero-order valence-corrected chi connectivity index (χ0v) is 33.3. The molecular formula is C58H43N. The molecule has 0 heterocycles. The Hall–Kier alpha value is -7.22. The molecule has 0 N–H and O–H groups in total. The van der Waals surface area contributed by atoms with Crippen molar-refractivity contribution in [2.45, 2.75) is 24.7 Å². The maximum absolute atomic E-state index is 2.52. The Morgan fingerprint density at radius 1 is 0.305 bits per heavy atom. The van der Waals surface area contributed by atoms with Crippen LogP contribution in [0, 0.1) is 0 Å². The summed E-state index contributed by atoms with van der Waals surface area (Å²) in [5.41, 5.74) is 20.5. The first-order valence-electron chi connectivity index (χ1n) is 20.7. The molecule has 9 aromatic rings. The molecule has 2 aliphatic carbocycles. The molecule has 11 rings (SSSR count). The number of benzene rings is 9. The molecule has 2 aliphatic rings. The van der Waals surface area contributed by atoms with Crippen LogP contribution in [0.1, 0.15) is 47.2 Å². The molecule has 0 spiro atoms. The van der Waals surface area contributed by atoms with Gasteiger partial charge in [-0.25, -0.2) is 0 Å². The van der Waals surface area contributed by atoms with Crippen molar-refractivity contribution >= 4 is 17.1 Å². The summed E-state index contributed by atoms with van der Waals surface area (Å²) in [7, 11) is 0. The smallest absolute Gasteiger partial charge is 0.0714 e. The monoisotopic (exact) mass is 753 g/mol. The number of fused-ring (bicyclic) bond motifs is 6. The van der Waals surface area contributed by atoms with E-state index in [0.717, 1.165) is 17.1 Å². The highest BCUT2D eigenvalue weighted by molar-refractivity contribution is 5.93. The Bertz CT molecular complexity index is 2970. The van der Waals surface area contributed by atoms with E-state index in [9.17, 15) is 0 Å². The van der Waals surface area contributed by atoms with Gasteiger partial charge in [0.15, 0.2) is 0 Å². The summed E-state index contributed by atoms with van der Waals surface area (Å²) < 4.78 is 0. The third-order valence-corrected chi connectivity index (χ3v) is 13.0. The number of hydrogen-bond acceptors (Lipinski definition) is 1. The number of hydrogen-bond donors (Lipinski definition) is 0. The fraction of sp³-hybridized carbons (Fsp3) is 0.0690. The summed E-state index contributed by atoms with van der Waals surface area (Å²) in [5.74, 6) is 0. The van der Waals surface area contributed by atoms with E-state index in [-0.39, 0.29) is 5.41 Å². The van der Waals surface area contributed by atoms with E-state index in [1.165, 1.54) is 77.9 Å². The van der Waals surface area contributed by atoms with Crippen molar-refractivity contribution in [2.75, 3.05) is 4.90 Å². The van der Waals surface area contributed by atoms with E-state index < -0.39 is 5.41 Å². The van der Waals surface area contributed by atoms with Crippen molar-refractivity contribution in [1.29, 1.82) is 0 Å². The number of rotatable bonds is 7. The molecule has 0 aromatic heterocycles. The van der Waals surface area contributed by atoms with E-state index in [0.29, 0.717) is 0 Å². The van der Waals surface area contributed by atoms with Gasteiger partial charge in [-0.2, -0.15) is 0 Å². The van der Waals surface area contributed by atoms with Crippen LogP contribution in [-0.4, -0.2) is 0 Å². The molecule has 0 bridgehead atoms. The minimum absolute atomic E-state index is 0.155. The lowest BCUT2D eigenvalue weighted by Crippen LogP contribution is -2.28. The Kier molecular flexibility index (Phi) is 8.13. The van der Waals surface area contributed by atoms with Crippen LogP contribution in [0.25, 0.3) is 44.5 Å². The lowest BCUT2D eigenvalue weighted by atomic mass is 9.67. The minimum atomic E-state index is -0.522. The molecule has 0 atom stereocenters. The Morgan fingerprint density at radius 2 is 0.797 bits per heavy atom. The molecule has 1 heteroatoms. The van der Waals surface area contributed by atoms with Crippen molar-refractivity contribution in [1.82, 2.24) is 0 Å². The van der Waals surface area contributed by atoms with Crippen molar-refractivity contribution in [2.24, 2.45) is 0 Å². The minimum Gasteiger partial charge on any atom is -0.310 e. The highest BCUT2D eigenvalue weighted by Gasteiger charge is 2.46. The molecular weight excluding hydrogens is 711 g/mol. The first-order chi connectivity index (χ1) is 29.0. The van der Waals surface area contributed by atoms with Crippen LogP contribution in [-0.2, 0) is 10.8 Å². The topological polar surface area (TPSA) is 3.24 Å². The predicted octanol–water partition coefficient (Wildman–Crippen LogP) is 15.2. The van der Waals surface area contributed by atoms with Gasteiger partial charge >= 0.3 is 0 Å². The number of nitrogens with zero attached hydrogens (tertiary/aromatic N) is 1. The van der Waals surface area contributed by atoms with Crippen molar-refractivity contribution in [3.8, 4) is 44.5 Å². The summed E-state index contributed by atoms with van der Waals surface area (Å²) >= 11 is 0. The summed E-state index contributed by atoms with van der Waals surface area (Å²) in [6.45, 7) is 4.74. The largest absolute Gasteiger partial charge is 0.310 e. The van der Waals surface area contributed by atoms with Gasteiger partial charge in [0.1, 0.15) is 0 Å². The molecule has 0 saturated carbocycles. The van der Waals surface area contributed by atoms with Gasteiger partial charge < -0.3 is 4.90 Å². The average Bonchev–Trinajstić information content (AvgIpc) is 3.73. The fourth-order valence-electron chi connectivity index (χ4n) is 10.2. The first-order valence-corrected chi connectivity index (χ1v) is 20.7. The Balaban J connectivity index is 1.21. The molecule has 59 heavy (non-hydrogen) atoms. The highest BCUT2D eigenvalue weighted by atomic mass is 15.1. The molecule has 1 nitrogen and oxygen atoms in total. The lowest BCUT2D eigenvalue weighted by molar-refractivity contribution is 0.660. The molecule has 0 radical (unpaired) electrons. The van der Waals surface area contributed by atoms with E-state index in [1.54, 1.807) is 0 Å². The standard InChI is InChI=1S/C58H43N/c1-57(2)52-30-15-12-27-48(52)51-36-34-46(39-55(51)57)59(56-37-42(40-19-6-3-7-20-40)33-35-47(56)41-21-8-4-9-22-41)45-26-18-25-44(38-45)58(43-23-10-5-11-24-43)53-31-16-13-28-49(53)50-29-14-17-32-54(50)58/h3-39H,1-2H3. The maximum Gasteiger partial charge on any atom is 0.0714 e. The van der Waals surface area contributed by atoms with Gasteiger partial charge in [0.05, 0.1) is 11.1 Å². The van der Waals surface area contributed by atoms with Crippen LogP contribution in [0.3, 0.4) is 0 Å². The average molecular weight is 754 g/mol. The Labute approximate surface area is 347 Å². The summed E-state index contributed by atoms with van der Waals surface area (Å²) in [6, 6.07) is 83.1. The second-order valence-corrected chi connectivity index (χ2v) is 16.5. The second kappa shape index (κ2) is 13.7. The van der Waals surface area contributed by atoms with Crippen LogP contribution in [0.15, 0.2) is 224 Å². The third kappa shape index (κ3) is 5.39. The van der Waals surface area contributed by atoms with Gasteiger partial charge in [-0.3, -0.25) is 0 Å². The SMILES string of the molecule is CC1(C)c2ccccc2-c2ccc(N(c3cccc(C4(c5ccccc5)c5ccccc5-c5ccccc54)c3)c3cc(-c4ccccc4)ccc3-c3ccccc3)cc21. The van der Waals surface area contributed by atoms with Crippen LogP contribution in [0.2, 0.25) is 0 Å². The van der Waals surface area contributed by atoms with Crippen molar-refractivity contribution in [3.63, 3.8) is 0 Å². The van der Waals surface area contributed by atoms with Gasteiger partial charge in [-0.1, -0.05) is 208 Å². The van der Waals surface area contributed by atoms with E-state index in [1.807, 2.05) is 0 Å². The van der Waals surface area contributed by atoms with Gasteiger partial charge in [-0.05, 0) is 103 Å². The van der Waals surface area contributed by atoms with Crippen LogP contribution >= 0.6 is 0 Å². The highest BCUT2D eigenvalue weighted by Crippen LogP contribution is 2.57. The fourth-order valence-corrected chi connectivity index (χ4v) is 10.2.